The molecule has 7 heteroatoms. The molecule has 0 atom stereocenters. The van der Waals surface area contributed by atoms with Gasteiger partial charge >= 0.3 is 6.18 Å². The minimum absolute atomic E-state index is 0.0906. The average Bonchev–Trinajstić information content (AvgIpc) is 2.97. The number of hydrogen-bond acceptors (Lipinski definition) is 2. The van der Waals surface area contributed by atoms with Crippen molar-refractivity contribution in [3.8, 4) is 0 Å². The first-order valence-corrected chi connectivity index (χ1v) is 8.90. The van der Waals surface area contributed by atoms with Gasteiger partial charge in [-0.1, -0.05) is 47.7 Å². The van der Waals surface area contributed by atoms with Gasteiger partial charge in [0.25, 0.3) is 5.91 Å². The maximum absolute atomic E-state index is 12.9. The molecule has 0 aliphatic rings. The van der Waals surface area contributed by atoms with Crippen LogP contribution in [0.15, 0.2) is 65.7 Å². The van der Waals surface area contributed by atoms with Gasteiger partial charge in [-0.05, 0) is 29.7 Å². The summed E-state index contributed by atoms with van der Waals surface area (Å²) in [5.74, 6) is -0.701. The van der Waals surface area contributed by atoms with Crippen LogP contribution in [0.5, 0.6) is 0 Å². The van der Waals surface area contributed by atoms with Crippen molar-refractivity contribution >= 4 is 38.2 Å². The Labute approximate surface area is 156 Å². The highest BCUT2D eigenvalue weighted by Crippen LogP contribution is 2.30. The maximum atomic E-state index is 12.9. The second kappa shape index (κ2) is 6.35. The van der Waals surface area contributed by atoms with Crippen LogP contribution in [0.3, 0.4) is 0 Å². The standard InChI is InChI=1S/C20H13F3N2OS/c1-25-17-15-8-3-2-5-12(15)9-10-16(17)27-19(25)24-18(26)13-6-4-7-14(11-13)20(21,22)23/h2-11H,1H3. The highest BCUT2D eigenvalue weighted by Gasteiger charge is 2.30. The first kappa shape index (κ1) is 17.5. The number of amides is 1. The van der Waals surface area contributed by atoms with Gasteiger partial charge in [0.15, 0.2) is 4.80 Å². The monoisotopic (exact) mass is 386 g/mol. The molecule has 0 unspecified atom stereocenters. The lowest BCUT2D eigenvalue weighted by molar-refractivity contribution is -0.137. The zero-order valence-electron chi connectivity index (χ0n) is 14.1. The van der Waals surface area contributed by atoms with Crippen LogP contribution in [0, 0.1) is 0 Å². The summed E-state index contributed by atoms with van der Waals surface area (Å²) in [5, 5.41) is 2.09. The number of halogens is 3. The molecule has 0 aliphatic heterocycles. The fourth-order valence-corrected chi connectivity index (χ4v) is 4.04. The van der Waals surface area contributed by atoms with Crippen molar-refractivity contribution in [2.45, 2.75) is 6.18 Å². The van der Waals surface area contributed by atoms with Gasteiger partial charge in [0.1, 0.15) is 0 Å². The van der Waals surface area contributed by atoms with Crippen molar-refractivity contribution in [2.24, 2.45) is 12.0 Å². The summed E-state index contributed by atoms with van der Waals surface area (Å²) in [5.41, 5.74) is -0.0175. The number of alkyl halides is 3. The third-order valence-corrected chi connectivity index (χ3v) is 5.42. The van der Waals surface area contributed by atoms with E-state index in [-0.39, 0.29) is 5.56 Å². The number of hydrogen-bond donors (Lipinski definition) is 0. The normalized spacial score (nSPS) is 12.8. The molecule has 0 saturated carbocycles. The summed E-state index contributed by atoms with van der Waals surface area (Å²) in [6, 6.07) is 16.1. The molecule has 0 radical (unpaired) electrons. The van der Waals surface area contributed by atoms with E-state index in [4.69, 9.17) is 0 Å². The Morgan fingerprint density at radius 2 is 1.81 bits per heavy atom. The van der Waals surface area contributed by atoms with Gasteiger partial charge in [0.05, 0.1) is 15.8 Å². The van der Waals surface area contributed by atoms with Gasteiger partial charge in [-0.15, -0.1) is 0 Å². The van der Waals surface area contributed by atoms with Crippen molar-refractivity contribution in [2.75, 3.05) is 0 Å². The van der Waals surface area contributed by atoms with Crippen LogP contribution in [0.2, 0.25) is 0 Å². The van der Waals surface area contributed by atoms with E-state index in [1.807, 2.05) is 36.4 Å². The molecule has 0 N–H and O–H groups in total. The van der Waals surface area contributed by atoms with Crippen molar-refractivity contribution in [3.63, 3.8) is 0 Å². The van der Waals surface area contributed by atoms with Crippen LogP contribution in [0.1, 0.15) is 15.9 Å². The number of fused-ring (bicyclic) bond motifs is 3. The fraction of sp³-hybridized carbons (Fsp3) is 0.100. The summed E-state index contributed by atoms with van der Waals surface area (Å²) in [7, 11) is 1.80. The molecular formula is C20H13F3N2OS. The van der Waals surface area contributed by atoms with E-state index < -0.39 is 17.6 Å². The summed E-state index contributed by atoms with van der Waals surface area (Å²) in [6.07, 6.45) is -4.50. The Morgan fingerprint density at radius 1 is 1.04 bits per heavy atom. The number of aromatic nitrogens is 1. The highest BCUT2D eigenvalue weighted by atomic mass is 32.1. The van der Waals surface area contributed by atoms with Gasteiger partial charge in [0.2, 0.25) is 0 Å². The minimum atomic E-state index is -4.50. The zero-order valence-corrected chi connectivity index (χ0v) is 14.9. The van der Waals surface area contributed by atoms with Crippen LogP contribution >= 0.6 is 11.3 Å². The Morgan fingerprint density at radius 3 is 2.59 bits per heavy atom. The summed E-state index contributed by atoms with van der Waals surface area (Å²) in [6.45, 7) is 0. The lowest BCUT2D eigenvalue weighted by atomic mass is 10.1. The molecule has 4 rings (SSSR count). The second-order valence-electron chi connectivity index (χ2n) is 6.07. The number of rotatable bonds is 1. The SMILES string of the molecule is Cn1c(=NC(=O)c2cccc(C(F)(F)F)c2)sc2ccc3ccccc3c21. The Balaban J connectivity index is 1.85. The molecule has 3 aromatic carbocycles. The van der Waals surface area contributed by atoms with Crippen LogP contribution < -0.4 is 4.80 Å². The van der Waals surface area contributed by atoms with Gasteiger partial charge in [-0.3, -0.25) is 4.79 Å². The summed E-state index contributed by atoms with van der Waals surface area (Å²) < 4.78 is 41.3. The van der Waals surface area contributed by atoms with Gasteiger partial charge in [-0.2, -0.15) is 18.2 Å². The lowest BCUT2D eigenvalue weighted by Crippen LogP contribution is -2.14. The van der Waals surface area contributed by atoms with Crippen LogP contribution in [-0.4, -0.2) is 10.5 Å². The summed E-state index contributed by atoms with van der Waals surface area (Å²) in [4.78, 5) is 17.0. The lowest BCUT2D eigenvalue weighted by Gasteiger charge is -2.06. The van der Waals surface area contributed by atoms with Gasteiger partial charge in [-0.25, -0.2) is 0 Å². The molecule has 27 heavy (non-hydrogen) atoms. The summed E-state index contributed by atoms with van der Waals surface area (Å²) >= 11 is 1.32. The van der Waals surface area contributed by atoms with Crippen LogP contribution in [-0.2, 0) is 13.2 Å². The highest BCUT2D eigenvalue weighted by molar-refractivity contribution is 7.16. The number of benzene rings is 3. The maximum Gasteiger partial charge on any atom is 0.416 e. The Hall–Kier alpha value is -2.93. The van der Waals surface area contributed by atoms with E-state index in [1.54, 1.807) is 11.6 Å². The number of thiazole rings is 1. The molecule has 0 saturated heterocycles. The molecule has 0 fully saturated rings. The Kier molecular flexibility index (Phi) is 4.11. The first-order chi connectivity index (χ1) is 12.8. The predicted octanol–water partition coefficient (Wildman–Crippen LogP) is 5.15. The molecule has 3 nitrogen and oxygen atoms in total. The number of carbonyl (C=O) groups excluding carboxylic acids is 1. The van der Waals surface area contributed by atoms with E-state index in [9.17, 15) is 18.0 Å². The van der Waals surface area contributed by atoms with Crippen molar-refractivity contribution < 1.29 is 18.0 Å². The molecule has 0 bridgehead atoms. The largest absolute Gasteiger partial charge is 0.416 e. The number of nitrogens with zero attached hydrogens (tertiary/aromatic N) is 2. The first-order valence-electron chi connectivity index (χ1n) is 8.08. The van der Waals surface area contributed by atoms with E-state index in [0.717, 1.165) is 33.1 Å². The van der Waals surface area contributed by atoms with E-state index >= 15 is 0 Å². The second-order valence-corrected chi connectivity index (χ2v) is 7.08. The van der Waals surface area contributed by atoms with Crippen LogP contribution in [0.4, 0.5) is 13.2 Å². The van der Waals surface area contributed by atoms with E-state index in [2.05, 4.69) is 4.99 Å². The average molecular weight is 386 g/mol. The van der Waals surface area contributed by atoms with Crippen LogP contribution in [0.25, 0.3) is 21.0 Å². The van der Waals surface area contributed by atoms with E-state index in [0.29, 0.717) is 4.80 Å². The molecule has 136 valence electrons. The fourth-order valence-electron chi connectivity index (χ4n) is 3.00. The zero-order chi connectivity index (χ0) is 19.2. The van der Waals surface area contributed by atoms with Gasteiger partial charge < -0.3 is 4.57 Å². The topological polar surface area (TPSA) is 34.4 Å². The minimum Gasteiger partial charge on any atom is -0.319 e. The number of aryl methyl sites for hydroxylation is 1. The van der Waals surface area contributed by atoms with Crippen molar-refractivity contribution in [1.29, 1.82) is 0 Å². The molecule has 4 aromatic rings. The predicted molar refractivity (Wildman–Crippen MR) is 99.6 cm³/mol. The molecule has 0 aliphatic carbocycles. The molecular weight excluding hydrogens is 373 g/mol. The van der Waals surface area contributed by atoms with Crippen molar-refractivity contribution in [1.82, 2.24) is 4.57 Å². The molecule has 1 amide bonds. The molecule has 1 heterocycles. The molecule has 1 aromatic heterocycles. The van der Waals surface area contributed by atoms with E-state index in [1.165, 1.54) is 23.5 Å². The molecule has 0 spiro atoms. The quantitative estimate of drug-likeness (QED) is 0.445. The third-order valence-electron chi connectivity index (χ3n) is 4.32. The van der Waals surface area contributed by atoms with Gasteiger partial charge in [0, 0.05) is 18.0 Å². The third kappa shape index (κ3) is 3.14. The Bertz CT molecular complexity index is 1250. The van der Waals surface area contributed by atoms with Crippen molar-refractivity contribution in [3.05, 3.63) is 76.6 Å². The smallest absolute Gasteiger partial charge is 0.319 e. The number of carbonyl (C=O) groups is 1.